The normalized spacial score (nSPS) is 24.9. The van der Waals surface area contributed by atoms with Crippen LogP contribution in [0, 0.1) is 17.2 Å². The van der Waals surface area contributed by atoms with Gasteiger partial charge in [-0.25, -0.2) is 4.98 Å². The Morgan fingerprint density at radius 1 is 1.09 bits per heavy atom. The van der Waals surface area contributed by atoms with E-state index >= 15 is 0 Å². The molecule has 0 unspecified atom stereocenters. The molecule has 8 heteroatoms. The van der Waals surface area contributed by atoms with Gasteiger partial charge in [0.05, 0.1) is 23.6 Å². The van der Waals surface area contributed by atoms with E-state index in [2.05, 4.69) is 51.6 Å². The zero-order valence-corrected chi connectivity index (χ0v) is 19.1. The highest BCUT2D eigenvalue weighted by atomic mass is 19.4. The highest BCUT2D eigenvalue weighted by Gasteiger charge is 2.49. The number of likely N-dealkylation sites (tertiary alicyclic amines) is 1. The van der Waals surface area contributed by atoms with Crippen LogP contribution in [0.15, 0.2) is 48.7 Å². The van der Waals surface area contributed by atoms with Crippen LogP contribution in [-0.2, 0) is 6.18 Å². The highest BCUT2D eigenvalue weighted by Crippen LogP contribution is 2.41. The average Bonchev–Trinajstić information content (AvgIpc) is 3.60. The lowest BCUT2D eigenvalue weighted by Crippen LogP contribution is -2.71. The minimum absolute atomic E-state index is 0.230. The molecular formula is C26H30F3N5. The van der Waals surface area contributed by atoms with E-state index in [1.165, 1.54) is 18.1 Å². The smallest absolute Gasteiger partial charge is 0.353 e. The Morgan fingerprint density at radius 3 is 2.44 bits per heavy atom. The maximum Gasteiger partial charge on any atom is 0.417 e. The van der Waals surface area contributed by atoms with Gasteiger partial charge in [0.25, 0.3) is 0 Å². The van der Waals surface area contributed by atoms with Crippen molar-refractivity contribution in [2.24, 2.45) is 5.92 Å². The van der Waals surface area contributed by atoms with Gasteiger partial charge < -0.3 is 10.2 Å². The molecule has 5 rings (SSSR count). The molecule has 5 nitrogen and oxygen atoms in total. The van der Waals surface area contributed by atoms with E-state index in [1.54, 1.807) is 0 Å². The minimum atomic E-state index is -4.38. The largest absolute Gasteiger partial charge is 0.417 e. The van der Waals surface area contributed by atoms with Crippen molar-refractivity contribution in [3.8, 4) is 6.07 Å². The molecule has 2 aliphatic heterocycles. The number of alkyl halides is 3. The number of piperidine rings is 1. The lowest BCUT2D eigenvalue weighted by Gasteiger charge is -2.57. The molecule has 1 aromatic carbocycles. The molecule has 2 aromatic rings. The molecule has 0 amide bonds. The Labute approximate surface area is 198 Å². The molecule has 1 saturated carbocycles. The fourth-order valence-electron chi connectivity index (χ4n) is 5.56. The number of anilines is 1. The van der Waals surface area contributed by atoms with Crippen molar-refractivity contribution in [1.82, 2.24) is 15.2 Å². The zero-order valence-electron chi connectivity index (χ0n) is 19.1. The fraction of sp³-hybridized carbons (Fsp3) is 0.538. The summed E-state index contributed by atoms with van der Waals surface area (Å²) in [6.45, 7) is 4.20. The third-order valence-corrected chi connectivity index (χ3v) is 7.75. The molecule has 3 heterocycles. The molecule has 2 saturated heterocycles. The first kappa shape index (κ1) is 23.1. The Bertz CT molecular complexity index is 1000. The van der Waals surface area contributed by atoms with Gasteiger partial charge in [0, 0.05) is 31.2 Å². The second-order valence-electron chi connectivity index (χ2n) is 10.0. The summed E-state index contributed by atoms with van der Waals surface area (Å²) in [4.78, 5) is 8.42. The first-order chi connectivity index (χ1) is 16.4. The topological polar surface area (TPSA) is 55.2 Å². The highest BCUT2D eigenvalue weighted by molar-refractivity contribution is 5.46. The van der Waals surface area contributed by atoms with Crippen LogP contribution in [-0.4, -0.2) is 54.2 Å². The summed E-state index contributed by atoms with van der Waals surface area (Å²) in [5.74, 6) is 1.82. The van der Waals surface area contributed by atoms with Gasteiger partial charge in [-0.3, -0.25) is 4.90 Å². The summed E-state index contributed by atoms with van der Waals surface area (Å²) in [6.07, 6.45) is 0.339. The number of rotatable bonds is 7. The van der Waals surface area contributed by atoms with Gasteiger partial charge in [-0.15, -0.1) is 0 Å². The van der Waals surface area contributed by atoms with Gasteiger partial charge in [-0.05, 0) is 62.5 Å². The third-order valence-electron chi connectivity index (χ3n) is 7.75. The van der Waals surface area contributed by atoms with Crippen molar-refractivity contribution in [2.75, 3.05) is 37.6 Å². The van der Waals surface area contributed by atoms with Gasteiger partial charge >= 0.3 is 6.18 Å². The molecular weight excluding hydrogens is 439 g/mol. The van der Waals surface area contributed by atoms with Gasteiger partial charge in [0.2, 0.25) is 0 Å². The average molecular weight is 470 g/mol. The molecule has 34 heavy (non-hydrogen) atoms. The Kier molecular flexibility index (Phi) is 6.26. The van der Waals surface area contributed by atoms with Crippen LogP contribution in [0.5, 0.6) is 0 Å². The van der Waals surface area contributed by atoms with Crippen molar-refractivity contribution in [3.05, 3.63) is 59.8 Å². The summed E-state index contributed by atoms with van der Waals surface area (Å²) in [5, 5.41) is 13.2. The van der Waals surface area contributed by atoms with Crippen LogP contribution >= 0.6 is 0 Å². The molecule has 180 valence electrons. The van der Waals surface area contributed by atoms with Crippen LogP contribution in [0.3, 0.4) is 0 Å². The number of pyridine rings is 1. The van der Waals surface area contributed by atoms with E-state index in [-0.39, 0.29) is 5.54 Å². The summed E-state index contributed by atoms with van der Waals surface area (Å²) in [7, 11) is 0. The molecule has 0 bridgehead atoms. The number of benzene rings is 1. The van der Waals surface area contributed by atoms with E-state index in [0.29, 0.717) is 43.2 Å². The van der Waals surface area contributed by atoms with Crippen LogP contribution in [0.2, 0.25) is 0 Å². The third kappa shape index (κ3) is 4.77. The first-order valence-electron chi connectivity index (χ1n) is 12.1. The quantitative estimate of drug-likeness (QED) is 0.650. The number of hydrogen-bond donors (Lipinski definition) is 1. The molecule has 0 spiro atoms. The van der Waals surface area contributed by atoms with Gasteiger partial charge in [0.15, 0.2) is 0 Å². The summed E-state index contributed by atoms with van der Waals surface area (Å²) in [6, 6.07) is 16.1. The molecule has 1 N–H and O–H groups in total. The predicted molar refractivity (Wildman–Crippen MR) is 124 cm³/mol. The van der Waals surface area contributed by atoms with E-state index in [4.69, 9.17) is 0 Å². The Morgan fingerprint density at radius 2 is 1.82 bits per heavy atom. The number of halogens is 3. The molecule has 0 radical (unpaired) electrons. The lowest BCUT2D eigenvalue weighted by molar-refractivity contribution is -0.137. The minimum Gasteiger partial charge on any atom is -0.353 e. The van der Waals surface area contributed by atoms with E-state index in [9.17, 15) is 18.4 Å². The number of nitrogens with one attached hydrogen (secondary N) is 1. The second-order valence-corrected chi connectivity index (χ2v) is 10.0. The maximum atomic E-state index is 12.8. The molecule has 2 atom stereocenters. The number of hydrogen-bond acceptors (Lipinski definition) is 5. The van der Waals surface area contributed by atoms with Crippen molar-refractivity contribution in [3.63, 3.8) is 0 Å². The number of nitrogens with zero attached hydrogens (tertiary/aromatic N) is 4. The van der Waals surface area contributed by atoms with Crippen LogP contribution in [0.4, 0.5) is 19.0 Å². The monoisotopic (exact) mass is 469 g/mol. The van der Waals surface area contributed by atoms with E-state index in [1.807, 2.05) is 4.90 Å². The Balaban J connectivity index is 1.10. The van der Waals surface area contributed by atoms with Crippen molar-refractivity contribution in [1.29, 1.82) is 5.26 Å². The van der Waals surface area contributed by atoms with Gasteiger partial charge in [-0.1, -0.05) is 30.3 Å². The van der Waals surface area contributed by atoms with Gasteiger partial charge in [0.1, 0.15) is 5.82 Å². The van der Waals surface area contributed by atoms with Crippen molar-refractivity contribution < 1.29 is 13.2 Å². The molecule has 1 aliphatic carbocycles. The summed E-state index contributed by atoms with van der Waals surface area (Å²) >= 11 is 0. The summed E-state index contributed by atoms with van der Waals surface area (Å²) in [5.41, 5.74) is 0.453. The van der Waals surface area contributed by atoms with Crippen LogP contribution < -0.4 is 10.2 Å². The summed E-state index contributed by atoms with van der Waals surface area (Å²) < 4.78 is 38.4. The van der Waals surface area contributed by atoms with Crippen LogP contribution in [0.25, 0.3) is 0 Å². The SMILES string of the molecule is N#CCC1(N2CCC(CN[C@@H]3C[C@H]3c3ccccc3)CC2)CN(c2ccc(C(F)(F)F)cn2)C1. The van der Waals surface area contributed by atoms with Crippen LogP contribution in [0.1, 0.15) is 42.7 Å². The number of aromatic nitrogens is 1. The number of nitriles is 1. The molecule has 3 fully saturated rings. The molecule has 1 aromatic heterocycles. The Hall–Kier alpha value is -2.63. The first-order valence-corrected chi connectivity index (χ1v) is 12.1. The molecule has 3 aliphatic rings. The van der Waals surface area contributed by atoms with Gasteiger partial charge in [-0.2, -0.15) is 18.4 Å². The van der Waals surface area contributed by atoms with Crippen molar-refractivity contribution >= 4 is 5.82 Å². The fourth-order valence-corrected chi connectivity index (χ4v) is 5.56. The lowest BCUT2D eigenvalue weighted by atomic mass is 9.82. The zero-order chi connectivity index (χ0) is 23.8. The van der Waals surface area contributed by atoms with E-state index in [0.717, 1.165) is 44.7 Å². The second kappa shape index (κ2) is 9.20. The van der Waals surface area contributed by atoms with Crippen molar-refractivity contribution in [2.45, 2.75) is 49.4 Å². The van der Waals surface area contributed by atoms with E-state index < -0.39 is 11.7 Å². The predicted octanol–water partition coefficient (Wildman–Crippen LogP) is 4.43. The maximum absolute atomic E-state index is 12.8. The standard InChI is InChI=1S/C26H30F3N5/c27-26(28,29)21-6-7-24(32-16-21)33-17-25(18-33,10-11-30)34-12-8-19(9-13-34)15-31-23-14-22(23)20-4-2-1-3-5-20/h1-7,16,19,22-23,31H,8-10,12-15,17-18H2/t22-,23+/m0/s1.